The van der Waals surface area contributed by atoms with Crippen LogP contribution in [-0.2, 0) is 15.8 Å². The minimum atomic E-state index is -1.70. The van der Waals surface area contributed by atoms with Crippen molar-refractivity contribution in [3.8, 4) is 11.1 Å². The summed E-state index contributed by atoms with van der Waals surface area (Å²) in [5.74, 6) is -1.22. The van der Waals surface area contributed by atoms with Crippen LogP contribution in [-0.4, -0.2) is 35.7 Å². The molecule has 0 aromatic heterocycles. The van der Waals surface area contributed by atoms with Gasteiger partial charge in [-0.15, -0.1) is 0 Å². The maximum Gasteiger partial charge on any atom is 0.315 e. The predicted molar refractivity (Wildman–Crippen MR) is 110 cm³/mol. The molecule has 0 saturated heterocycles. The zero-order chi connectivity index (χ0) is 21.7. The Morgan fingerprint density at radius 1 is 1.23 bits per heavy atom. The smallest absolute Gasteiger partial charge is 0.315 e. The Hall–Kier alpha value is -2.65. The number of halogens is 2. The van der Waals surface area contributed by atoms with Crippen molar-refractivity contribution >= 4 is 23.3 Å². The summed E-state index contributed by atoms with van der Waals surface area (Å²) in [6, 6.07) is 9.19. The van der Waals surface area contributed by atoms with Crippen LogP contribution < -0.4 is 15.4 Å². The number of amides is 2. The first-order chi connectivity index (χ1) is 14.4. The van der Waals surface area contributed by atoms with Crippen LogP contribution in [0.1, 0.15) is 19.3 Å². The van der Waals surface area contributed by atoms with E-state index in [4.69, 9.17) is 0 Å². The summed E-state index contributed by atoms with van der Waals surface area (Å²) >= 11 is 0. The maximum atomic E-state index is 14.5. The van der Waals surface area contributed by atoms with Gasteiger partial charge < -0.3 is 15.4 Å². The van der Waals surface area contributed by atoms with Gasteiger partial charge in [0, 0.05) is 25.1 Å². The number of carbonyl (C=O) groups is 2. The highest BCUT2D eigenvalue weighted by Gasteiger charge is 2.44. The van der Waals surface area contributed by atoms with Crippen molar-refractivity contribution in [1.82, 2.24) is 15.4 Å². The molecule has 3 rings (SSSR count). The lowest BCUT2D eigenvalue weighted by Gasteiger charge is -2.31. The standard InChI is InChI=1S/C21H23F2N3O3S/c1-24-20(28)26-21(13-27)10-2-3-15(21)12-25-30(29)17-8-9-18(19(23)11-17)14-4-6-16(22)7-5-14/h4-9,11,13,15,25H,2-3,10,12H2,1H3,(H2,24,26,28). The molecule has 2 aromatic rings. The summed E-state index contributed by atoms with van der Waals surface area (Å²) < 4.78 is 43.1. The first-order valence-electron chi connectivity index (χ1n) is 9.55. The lowest BCUT2D eigenvalue weighted by Crippen LogP contribution is -2.56. The van der Waals surface area contributed by atoms with Crippen LogP contribution in [0.25, 0.3) is 11.1 Å². The molecule has 6 nitrogen and oxygen atoms in total. The summed E-state index contributed by atoms with van der Waals surface area (Å²) in [5.41, 5.74) is -0.225. The fourth-order valence-corrected chi connectivity index (χ4v) is 4.67. The molecule has 3 unspecified atom stereocenters. The van der Waals surface area contributed by atoms with Crippen molar-refractivity contribution in [2.75, 3.05) is 13.6 Å². The average Bonchev–Trinajstić information content (AvgIpc) is 3.15. The number of hydrogen-bond donors (Lipinski definition) is 3. The summed E-state index contributed by atoms with van der Waals surface area (Å²) in [5, 5.41) is 5.14. The maximum absolute atomic E-state index is 14.5. The van der Waals surface area contributed by atoms with Crippen molar-refractivity contribution in [3.63, 3.8) is 0 Å². The second-order valence-electron chi connectivity index (χ2n) is 7.22. The SMILES string of the molecule is CNC(=O)NC1(C=O)CCCC1CNS(=O)c1ccc(-c2ccc(F)cc2)c(F)c1. The fourth-order valence-electron chi connectivity index (χ4n) is 3.74. The molecule has 0 aliphatic heterocycles. The first-order valence-corrected chi connectivity index (χ1v) is 10.7. The zero-order valence-corrected chi connectivity index (χ0v) is 17.2. The van der Waals surface area contributed by atoms with Gasteiger partial charge in [0.2, 0.25) is 0 Å². The number of carbonyl (C=O) groups excluding carboxylic acids is 2. The molecular formula is C21H23F2N3O3S. The fraction of sp³-hybridized carbons (Fsp3) is 0.333. The Kier molecular flexibility index (Phi) is 6.94. The van der Waals surface area contributed by atoms with Crippen LogP contribution >= 0.6 is 0 Å². The summed E-state index contributed by atoms with van der Waals surface area (Å²) in [4.78, 5) is 23.7. The number of hydrogen-bond acceptors (Lipinski definition) is 3. The monoisotopic (exact) mass is 435 g/mol. The lowest BCUT2D eigenvalue weighted by molar-refractivity contribution is -0.114. The van der Waals surface area contributed by atoms with Crippen molar-refractivity contribution in [3.05, 3.63) is 54.1 Å². The van der Waals surface area contributed by atoms with E-state index in [1.54, 1.807) is 0 Å². The number of rotatable bonds is 7. The van der Waals surface area contributed by atoms with Crippen LogP contribution in [0.5, 0.6) is 0 Å². The van der Waals surface area contributed by atoms with E-state index in [-0.39, 0.29) is 22.9 Å². The summed E-state index contributed by atoms with van der Waals surface area (Å²) in [7, 11) is -0.234. The van der Waals surface area contributed by atoms with E-state index in [0.29, 0.717) is 18.4 Å². The predicted octanol–water partition coefficient (Wildman–Crippen LogP) is 2.91. The van der Waals surface area contributed by atoms with Gasteiger partial charge >= 0.3 is 6.03 Å². The van der Waals surface area contributed by atoms with Crippen LogP contribution in [0.15, 0.2) is 47.4 Å². The molecule has 2 aromatic carbocycles. The summed E-state index contributed by atoms with van der Waals surface area (Å²) in [6.45, 7) is 0.219. The van der Waals surface area contributed by atoms with Gasteiger partial charge in [0.1, 0.15) is 34.4 Å². The molecule has 1 aliphatic rings. The largest absolute Gasteiger partial charge is 0.341 e. The van der Waals surface area contributed by atoms with Gasteiger partial charge in [-0.3, -0.25) is 0 Å². The molecule has 1 fully saturated rings. The highest BCUT2D eigenvalue weighted by atomic mass is 32.2. The van der Waals surface area contributed by atoms with Gasteiger partial charge in [0.15, 0.2) is 0 Å². The summed E-state index contributed by atoms with van der Waals surface area (Å²) in [6.07, 6.45) is 2.68. The van der Waals surface area contributed by atoms with Crippen molar-refractivity contribution in [2.24, 2.45) is 5.92 Å². The average molecular weight is 435 g/mol. The molecule has 160 valence electrons. The normalized spacial score (nSPS) is 21.8. The van der Waals surface area contributed by atoms with Crippen LogP contribution in [0.4, 0.5) is 13.6 Å². The molecule has 2 amide bonds. The zero-order valence-electron chi connectivity index (χ0n) is 16.4. The van der Waals surface area contributed by atoms with Gasteiger partial charge in [-0.2, -0.15) is 0 Å². The van der Waals surface area contributed by atoms with Gasteiger partial charge in [-0.05, 0) is 42.7 Å². The Morgan fingerprint density at radius 3 is 2.60 bits per heavy atom. The topological polar surface area (TPSA) is 87.3 Å². The molecule has 0 radical (unpaired) electrons. The Morgan fingerprint density at radius 2 is 1.97 bits per heavy atom. The van der Waals surface area contributed by atoms with Crippen molar-refractivity contribution < 1.29 is 22.6 Å². The van der Waals surface area contributed by atoms with E-state index >= 15 is 0 Å². The van der Waals surface area contributed by atoms with E-state index in [1.165, 1.54) is 49.5 Å². The quantitative estimate of drug-likeness (QED) is 0.585. The van der Waals surface area contributed by atoms with Crippen LogP contribution in [0.3, 0.4) is 0 Å². The van der Waals surface area contributed by atoms with Gasteiger partial charge in [0.05, 0.1) is 4.90 Å². The minimum absolute atomic E-state index is 0.219. The Bertz CT molecular complexity index is 955. The molecular weight excluding hydrogens is 412 g/mol. The minimum Gasteiger partial charge on any atom is -0.341 e. The van der Waals surface area contributed by atoms with E-state index < -0.39 is 34.2 Å². The second-order valence-corrected chi connectivity index (χ2v) is 8.51. The molecule has 3 atom stereocenters. The molecule has 9 heteroatoms. The highest BCUT2D eigenvalue weighted by molar-refractivity contribution is 7.83. The van der Waals surface area contributed by atoms with E-state index in [2.05, 4.69) is 15.4 Å². The molecule has 30 heavy (non-hydrogen) atoms. The molecule has 0 heterocycles. The van der Waals surface area contributed by atoms with Crippen LogP contribution in [0.2, 0.25) is 0 Å². The number of aldehydes is 1. The van der Waals surface area contributed by atoms with E-state index in [0.717, 1.165) is 12.7 Å². The van der Waals surface area contributed by atoms with E-state index in [1.807, 2.05) is 0 Å². The van der Waals surface area contributed by atoms with Gasteiger partial charge in [-0.1, -0.05) is 24.6 Å². The third kappa shape index (κ3) is 4.73. The second kappa shape index (κ2) is 9.44. The number of benzene rings is 2. The highest BCUT2D eigenvalue weighted by Crippen LogP contribution is 2.34. The Labute approximate surface area is 176 Å². The number of urea groups is 1. The van der Waals surface area contributed by atoms with Crippen LogP contribution in [0, 0.1) is 17.6 Å². The molecule has 3 N–H and O–H groups in total. The Balaban J connectivity index is 1.68. The molecule has 1 saturated carbocycles. The third-order valence-corrected chi connectivity index (χ3v) is 6.54. The first kappa shape index (κ1) is 22.0. The van der Waals surface area contributed by atoms with Crippen molar-refractivity contribution in [1.29, 1.82) is 0 Å². The van der Waals surface area contributed by atoms with E-state index in [9.17, 15) is 22.6 Å². The van der Waals surface area contributed by atoms with Gasteiger partial charge in [0.25, 0.3) is 0 Å². The molecule has 1 aliphatic carbocycles. The van der Waals surface area contributed by atoms with Gasteiger partial charge in [-0.25, -0.2) is 22.5 Å². The molecule has 0 bridgehead atoms. The number of nitrogens with one attached hydrogen (secondary N) is 3. The third-order valence-electron chi connectivity index (χ3n) is 5.43. The lowest BCUT2D eigenvalue weighted by atomic mass is 9.88. The van der Waals surface area contributed by atoms with Crippen molar-refractivity contribution in [2.45, 2.75) is 29.7 Å². The molecule has 0 spiro atoms.